The Morgan fingerprint density at radius 1 is 1.11 bits per heavy atom. The molecule has 1 rings (SSSR count). The Morgan fingerprint density at radius 2 is 1.72 bits per heavy atom. The van der Waals surface area contributed by atoms with Gasteiger partial charge in [-0.15, -0.1) is 0 Å². The molecule has 0 aliphatic heterocycles. The van der Waals surface area contributed by atoms with Gasteiger partial charge in [0.2, 0.25) is 0 Å². The molecule has 0 saturated heterocycles. The highest BCUT2D eigenvalue weighted by molar-refractivity contribution is 5.48. The van der Waals surface area contributed by atoms with E-state index in [0.29, 0.717) is 0 Å². The predicted molar refractivity (Wildman–Crippen MR) is 47.9 cm³/mol. The van der Waals surface area contributed by atoms with Crippen LogP contribution in [0.1, 0.15) is 22.5 Å². The van der Waals surface area contributed by atoms with Gasteiger partial charge in [-0.2, -0.15) is 29.0 Å². The minimum atomic E-state index is -5.12. The van der Waals surface area contributed by atoms with Crippen molar-refractivity contribution in [1.29, 1.82) is 15.8 Å². The van der Waals surface area contributed by atoms with Crippen LogP contribution in [-0.2, 0) is 12.6 Å². The van der Waals surface area contributed by atoms with E-state index in [4.69, 9.17) is 15.8 Å². The third kappa shape index (κ3) is 2.21. The van der Waals surface area contributed by atoms with E-state index in [1.165, 1.54) is 18.2 Å². The fraction of sp³-hybridized carbons (Fsp3) is 0.200. The van der Waals surface area contributed by atoms with Crippen molar-refractivity contribution < 1.29 is 17.6 Å². The molecule has 90 valence electrons. The van der Waals surface area contributed by atoms with E-state index < -0.39 is 40.9 Å². The van der Waals surface area contributed by atoms with Crippen LogP contribution in [0.5, 0.6) is 0 Å². The van der Waals surface area contributed by atoms with Crippen molar-refractivity contribution in [2.75, 3.05) is 0 Å². The maximum Gasteiger partial charge on any atom is 0.436 e. The first-order chi connectivity index (χ1) is 8.36. The minimum absolute atomic E-state index is 0.437. The average Bonchev–Trinajstić information content (AvgIpc) is 2.28. The van der Waals surface area contributed by atoms with Gasteiger partial charge >= 0.3 is 6.18 Å². The first-order valence-electron chi connectivity index (χ1n) is 4.33. The molecule has 8 heteroatoms. The molecule has 4 nitrogen and oxygen atoms in total. The van der Waals surface area contributed by atoms with Crippen LogP contribution in [0.25, 0.3) is 0 Å². The van der Waals surface area contributed by atoms with Gasteiger partial charge in [-0.25, -0.2) is 9.37 Å². The lowest BCUT2D eigenvalue weighted by atomic mass is 10.0. The second-order valence-corrected chi connectivity index (χ2v) is 3.03. The van der Waals surface area contributed by atoms with E-state index >= 15 is 0 Å². The Bertz CT molecular complexity index is 613. The fourth-order valence-electron chi connectivity index (χ4n) is 1.25. The molecule has 0 aromatic carbocycles. The van der Waals surface area contributed by atoms with Gasteiger partial charge in [-0.3, -0.25) is 0 Å². The SMILES string of the molecule is N#CCc1c(C#N)nc(C(F)(F)F)c(F)c1C#N. The molecule has 1 aromatic rings. The summed E-state index contributed by atoms with van der Waals surface area (Å²) in [7, 11) is 0. The molecule has 0 unspecified atom stereocenters. The number of pyridine rings is 1. The topological polar surface area (TPSA) is 84.3 Å². The highest BCUT2D eigenvalue weighted by Gasteiger charge is 2.39. The highest BCUT2D eigenvalue weighted by atomic mass is 19.4. The minimum Gasteiger partial charge on any atom is -0.229 e. The van der Waals surface area contributed by atoms with E-state index in [-0.39, 0.29) is 0 Å². The summed E-state index contributed by atoms with van der Waals surface area (Å²) >= 11 is 0. The molecule has 0 aliphatic rings. The van der Waals surface area contributed by atoms with Gasteiger partial charge < -0.3 is 0 Å². The molecule has 0 spiro atoms. The number of halogens is 4. The zero-order valence-corrected chi connectivity index (χ0v) is 8.51. The molecule has 0 amide bonds. The molecule has 1 aromatic heterocycles. The summed E-state index contributed by atoms with van der Waals surface area (Å²) in [4.78, 5) is 2.83. The zero-order chi connectivity index (χ0) is 13.9. The molecular weight excluding hydrogens is 252 g/mol. The van der Waals surface area contributed by atoms with E-state index in [2.05, 4.69) is 4.98 Å². The Hall–Kier alpha value is -2.66. The molecule has 18 heavy (non-hydrogen) atoms. The third-order valence-corrected chi connectivity index (χ3v) is 1.98. The van der Waals surface area contributed by atoms with Crippen LogP contribution in [-0.4, -0.2) is 4.98 Å². The standard InChI is InChI=1S/C10H2F4N4/c11-8-6(3-16)5(1-2-15)7(4-17)18-9(8)10(12,13)14/h1H2. The summed E-state index contributed by atoms with van der Waals surface area (Å²) in [5, 5.41) is 25.7. The van der Waals surface area contributed by atoms with Crippen LogP contribution in [0.4, 0.5) is 17.6 Å². The van der Waals surface area contributed by atoms with Crippen LogP contribution in [0, 0.1) is 39.8 Å². The van der Waals surface area contributed by atoms with Crippen molar-refractivity contribution in [1.82, 2.24) is 4.98 Å². The van der Waals surface area contributed by atoms with Gasteiger partial charge in [-0.1, -0.05) is 0 Å². The fourth-order valence-corrected chi connectivity index (χ4v) is 1.25. The average molecular weight is 254 g/mol. The van der Waals surface area contributed by atoms with Crippen molar-refractivity contribution in [3.63, 3.8) is 0 Å². The molecule has 0 aliphatic carbocycles. The Balaban J connectivity index is 3.73. The molecule has 0 radical (unpaired) electrons. The van der Waals surface area contributed by atoms with Gasteiger partial charge in [0.25, 0.3) is 0 Å². The van der Waals surface area contributed by atoms with Crippen LogP contribution in [0.15, 0.2) is 0 Å². The quantitative estimate of drug-likeness (QED) is 0.718. The number of rotatable bonds is 1. The van der Waals surface area contributed by atoms with E-state index in [1.807, 2.05) is 0 Å². The van der Waals surface area contributed by atoms with Crippen molar-refractivity contribution >= 4 is 0 Å². The maximum absolute atomic E-state index is 13.4. The first-order valence-corrected chi connectivity index (χ1v) is 4.33. The second kappa shape index (κ2) is 4.68. The Labute approximate surface area is 98.3 Å². The Morgan fingerprint density at radius 3 is 2.11 bits per heavy atom. The lowest BCUT2D eigenvalue weighted by Gasteiger charge is -2.10. The van der Waals surface area contributed by atoms with Crippen LogP contribution < -0.4 is 0 Å². The van der Waals surface area contributed by atoms with Gasteiger partial charge in [0, 0.05) is 5.56 Å². The summed E-state index contributed by atoms with van der Waals surface area (Å²) in [6.45, 7) is 0. The molecule has 0 saturated carbocycles. The number of nitriles is 3. The van der Waals surface area contributed by atoms with E-state index in [9.17, 15) is 17.6 Å². The molecule has 0 fully saturated rings. The second-order valence-electron chi connectivity index (χ2n) is 3.03. The number of alkyl halides is 3. The van der Waals surface area contributed by atoms with Crippen molar-refractivity contribution in [3.8, 4) is 18.2 Å². The van der Waals surface area contributed by atoms with Crippen molar-refractivity contribution in [2.45, 2.75) is 12.6 Å². The summed E-state index contributed by atoms with van der Waals surface area (Å²) < 4.78 is 50.7. The number of hydrogen-bond acceptors (Lipinski definition) is 4. The number of hydrogen-bond donors (Lipinski definition) is 0. The van der Waals surface area contributed by atoms with Gasteiger partial charge in [0.15, 0.2) is 11.5 Å². The van der Waals surface area contributed by atoms with Gasteiger partial charge in [0.05, 0.1) is 18.1 Å². The summed E-state index contributed by atoms with van der Waals surface area (Å²) in [6.07, 6.45) is -5.69. The van der Waals surface area contributed by atoms with E-state index in [0.717, 1.165) is 0 Å². The molecule has 1 heterocycles. The molecule has 0 atom stereocenters. The highest BCUT2D eigenvalue weighted by Crippen LogP contribution is 2.32. The normalized spacial score (nSPS) is 10.3. The van der Waals surface area contributed by atoms with Crippen LogP contribution >= 0.6 is 0 Å². The van der Waals surface area contributed by atoms with Gasteiger partial charge in [-0.05, 0) is 0 Å². The predicted octanol–water partition coefficient (Wildman–Crippen LogP) is 2.05. The zero-order valence-electron chi connectivity index (χ0n) is 8.51. The largest absolute Gasteiger partial charge is 0.436 e. The lowest BCUT2D eigenvalue weighted by Crippen LogP contribution is -2.16. The first kappa shape index (κ1) is 13.4. The molecular formula is C10H2F4N4. The van der Waals surface area contributed by atoms with Gasteiger partial charge in [0.1, 0.15) is 17.8 Å². The monoisotopic (exact) mass is 254 g/mol. The summed E-state index contributed by atoms with van der Waals surface area (Å²) in [5.74, 6) is -1.87. The van der Waals surface area contributed by atoms with E-state index in [1.54, 1.807) is 0 Å². The summed E-state index contributed by atoms with van der Waals surface area (Å²) in [6, 6.07) is 4.06. The molecule has 0 N–H and O–H groups in total. The maximum atomic E-state index is 13.4. The smallest absolute Gasteiger partial charge is 0.229 e. The van der Waals surface area contributed by atoms with Crippen molar-refractivity contribution in [2.24, 2.45) is 0 Å². The number of aromatic nitrogens is 1. The third-order valence-electron chi connectivity index (χ3n) is 1.98. The van der Waals surface area contributed by atoms with Crippen molar-refractivity contribution in [3.05, 3.63) is 28.3 Å². The summed E-state index contributed by atoms with van der Waals surface area (Å²) in [5.41, 5.74) is -4.12. The molecule has 0 bridgehead atoms. The Kier molecular flexibility index (Phi) is 3.49. The van der Waals surface area contributed by atoms with Crippen LogP contribution in [0.3, 0.4) is 0 Å². The lowest BCUT2D eigenvalue weighted by molar-refractivity contribution is -0.143. The van der Waals surface area contributed by atoms with Crippen LogP contribution in [0.2, 0.25) is 0 Å². The number of nitrogens with zero attached hydrogens (tertiary/aromatic N) is 4.